The average Bonchev–Trinajstić information content (AvgIpc) is 3.05. The Bertz CT molecular complexity index is 727. The molecule has 0 fully saturated rings. The van der Waals surface area contributed by atoms with E-state index in [4.69, 9.17) is 10.9 Å². The first-order valence-electron chi connectivity index (χ1n) is 4.85. The minimum absolute atomic E-state index is 0.120. The summed E-state index contributed by atoms with van der Waals surface area (Å²) in [5.41, 5.74) is 6.01. The SMILES string of the molecule is NC(=NO)c1nccn1-c1cncc2nnnn12. The molecule has 0 atom stereocenters. The molecule has 0 saturated carbocycles. The molecule has 0 aromatic carbocycles. The van der Waals surface area contributed by atoms with Gasteiger partial charge in [-0.3, -0.25) is 9.55 Å². The summed E-state index contributed by atoms with van der Waals surface area (Å²) in [6, 6.07) is 0. The number of imidazole rings is 1. The number of oxime groups is 1. The standard InChI is InChI=1S/C8H7N9O/c9-7(13-18)8-11-1-2-16(8)6-4-10-3-5-12-14-15-17(5)6/h1-4,18H,(H2,9,13). The van der Waals surface area contributed by atoms with E-state index >= 15 is 0 Å². The summed E-state index contributed by atoms with van der Waals surface area (Å²) >= 11 is 0. The van der Waals surface area contributed by atoms with Gasteiger partial charge >= 0.3 is 0 Å². The van der Waals surface area contributed by atoms with E-state index in [1.807, 2.05) is 0 Å². The molecule has 3 heterocycles. The predicted molar refractivity (Wildman–Crippen MR) is 58.2 cm³/mol. The normalized spacial score (nSPS) is 12.1. The third kappa shape index (κ3) is 1.36. The molecule has 0 radical (unpaired) electrons. The topological polar surface area (TPSA) is 132 Å². The second-order valence-electron chi connectivity index (χ2n) is 3.32. The van der Waals surface area contributed by atoms with Crippen LogP contribution in [0.3, 0.4) is 0 Å². The summed E-state index contributed by atoms with van der Waals surface area (Å²) in [6.45, 7) is 0. The van der Waals surface area contributed by atoms with Crippen LogP contribution in [-0.4, -0.2) is 45.6 Å². The number of tetrazole rings is 1. The molecule has 0 aliphatic rings. The molecule has 0 amide bonds. The first kappa shape index (κ1) is 10.1. The van der Waals surface area contributed by atoms with E-state index in [0.29, 0.717) is 11.5 Å². The molecule has 0 aliphatic carbocycles. The second-order valence-corrected chi connectivity index (χ2v) is 3.32. The van der Waals surface area contributed by atoms with E-state index < -0.39 is 0 Å². The first-order valence-corrected chi connectivity index (χ1v) is 4.85. The van der Waals surface area contributed by atoms with Gasteiger partial charge in [-0.05, 0) is 10.4 Å². The Morgan fingerprint density at radius 2 is 2.28 bits per heavy atom. The highest BCUT2D eigenvalue weighted by molar-refractivity contribution is 5.94. The molecule has 0 saturated heterocycles. The van der Waals surface area contributed by atoms with Crippen molar-refractivity contribution in [3.8, 4) is 5.82 Å². The fourth-order valence-corrected chi connectivity index (χ4v) is 1.55. The number of hydrogen-bond acceptors (Lipinski definition) is 7. The molecule has 10 heteroatoms. The maximum Gasteiger partial charge on any atom is 0.206 e. The van der Waals surface area contributed by atoms with Crippen molar-refractivity contribution in [2.24, 2.45) is 10.9 Å². The number of nitrogens with zero attached hydrogens (tertiary/aromatic N) is 8. The lowest BCUT2D eigenvalue weighted by molar-refractivity contribution is 0.318. The summed E-state index contributed by atoms with van der Waals surface area (Å²) in [7, 11) is 0. The third-order valence-corrected chi connectivity index (χ3v) is 2.32. The summed E-state index contributed by atoms with van der Waals surface area (Å²) in [6.07, 6.45) is 6.20. The highest BCUT2D eigenvalue weighted by Gasteiger charge is 2.13. The highest BCUT2D eigenvalue weighted by atomic mass is 16.4. The van der Waals surface area contributed by atoms with Crippen molar-refractivity contribution < 1.29 is 5.21 Å². The van der Waals surface area contributed by atoms with Crippen molar-refractivity contribution in [2.45, 2.75) is 0 Å². The van der Waals surface area contributed by atoms with Crippen molar-refractivity contribution in [3.63, 3.8) is 0 Å². The van der Waals surface area contributed by atoms with Gasteiger partial charge in [0.25, 0.3) is 0 Å². The van der Waals surface area contributed by atoms with Crippen LogP contribution in [0.25, 0.3) is 11.5 Å². The largest absolute Gasteiger partial charge is 0.409 e. The quantitative estimate of drug-likeness (QED) is 0.251. The Morgan fingerprint density at radius 3 is 3.11 bits per heavy atom. The van der Waals surface area contributed by atoms with Crippen molar-refractivity contribution in [1.82, 2.24) is 34.6 Å². The van der Waals surface area contributed by atoms with E-state index in [-0.39, 0.29) is 11.7 Å². The van der Waals surface area contributed by atoms with Crippen molar-refractivity contribution in [1.29, 1.82) is 0 Å². The summed E-state index contributed by atoms with van der Waals surface area (Å²) < 4.78 is 3.02. The average molecular weight is 245 g/mol. The number of amidine groups is 1. The maximum atomic E-state index is 8.70. The summed E-state index contributed by atoms with van der Waals surface area (Å²) in [5, 5.41) is 22.8. The Labute approximate surface area is 99.4 Å². The number of rotatable bonds is 2. The van der Waals surface area contributed by atoms with Crippen LogP contribution in [0.2, 0.25) is 0 Å². The van der Waals surface area contributed by atoms with Gasteiger partial charge in [-0.1, -0.05) is 5.16 Å². The van der Waals surface area contributed by atoms with Crippen LogP contribution in [0.1, 0.15) is 5.82 Å². The molecule has 0 bridgehead atoms. The molecule has 0 aliphatic heterocycles. The van der Waals surface area contributed by atoms with Crippen LogP contribution in [0.4, 0.5) is 0 Å². The third-order valence-electron chi connectivity index (χ3n) is 2.32. The molecule has 3 N–H and O–H groups in total. The molecule has 3 aromatic rings. The van der Waals surface area contributed by atoms with Gasteiger partial charge in [0, 0.05) is 12.4 Å². The fraction of sp³-hybridized carbons (Fsp3) is 0. The van der Waals surface area contributed by atoms with Crippen molar-refractivity contribution in [2.75, 3.05) is 0 Å². The minimum atomic E-state index is -0.120. The van der Waals surface area contributed by atoms with E-state index in [9.17, 15) is 0 Å². The molecule has 0 unspecified atom stereocenters. The Hall–Kier alpha value is -3.04. The zero-order valence-corrected chi connectivity index (χ0v) is 8.91. The lowest BCUT2D eigenvalue weighted by atomic mass is 10.5. The lowest BCUT2D eigenvalue weighted by Crippen LogP contribution is -2.20. The van der Waals surface area contributed by atoms with Crippen LogP contribution in [0.15, 0.2) is 29.9 Å². The summed E-state index contributed by atoms with van der Waals surface area (Å²) in [4.78, 5) is 8.00. The zero-order chi connectivity index (χ0) is 12.5. The molecule has 18 heavy (non-hydrogen) atoms. The van der Waals surface area contributed by atoms with Gasteiger partial charge in [0.15, 0.2) is 17.3 Å². The van der Waals surface area contributed by atoms with Gasteiger partial charge in [0.1, 0.15) is 0 Å². The number of fused-ring (bicyclic) bond motifs is 1. The van der Waals surface area contributed by atoms with Crippen LogP contribution in [-0.2, 0) is 0 Å². The van der Waals surface area contributed by atoms with Gasteiger partial charge in [0.2, 0.25) is 5.84 Å². The molecule has 0 spiro atoms. The summed E-state index contributed by atoms with van der Waals surface area (Å²) in [5.74, 6) is 0.670. The molecule has 90 valence electrons. The molecule has 3 aromatic heterocycles. The first-order chi connectivity index (χ1) is 8.81. The van der Waals surface area contributed by atoms with Gasteiger partial charge in [0.05, 0.1) is 12.4 Å². The van der Waals surface area contributed by atoms with E-state index in [2.05, 4.69) is 30.6 Å². The van der Waals surface area contributed by atoms with Gasteiger partial charge in [-0.2, -0.15) is 4.52 Å². The zero-order valence-electron chi connectivity index (χ0n) is 8.91. The van der Waals surface area contributed by atoms with Crippen LogP contribution in [0.5, 0.6) is 0 Å². The Balaban J connectivity index is 2.27. The van der Waals surface area contributed by atoms with E-state index in [1.165, 1.54) is 16.9 Å². The van der Waals surface area contributed by atoms with Crippen LogP contribution in [0, 0.1) is 0 Å². The molecule has 10 nitrogen and oxygen atoms in total. The maximum absolute atomic E-state index is 8.70. The molecular formula is C8H7N9O. The smallest absolute Gasteiger partial charge is 0.206 e. The highest BCUT2D eigenvalue weighted by Crippen LogP contribution is 2.09. The van der Waals surface area contributed by atoms with Crippen molar-refractivity contribution in [3.05, 3.63) is 30.6 Å². The molecule has 3 rings (SSSR count). The van der Waals surface area contributed by atoms with Crippen molar-refractivity contribution >= 4 is 11.5 Å². The number of aromatic nitrogens is 7. The second kappa shape index (κ2) is 3.76. The van der Waals surface area contributed by atoms with Gasteiger partial charge in [-0.15, -0.1) is 5.10 Å². The number of hydrogen-bond donors (Lipinski definition) is 2. The lowest BCUT2D eigenvalue weighted by Gasteiger charge is -2.06. The Morgan fingerprint density at radius 1 is 1.39 bits per heavy atom. The van der Waals surface area contributed by atoms with Crippen LogP contribution < -0.4 is 5.73 Å². The molecular weight excluding hydrogens is 238 g/mol. The van der Waals surface area contributed by atoms with Gasteiger partial charge in [-0.25, -0.2) is 4.98 Å². The van der Waals surface area contributed by atoms with E-state index in [0.717, 1.165) is 0 Å². The van der Waals surface area contributed by atoms with Crippen LogP contribution >= 0.6 is 0 Å². The Kier molecular flexibility index (Phi) is 2.12. The van der Waals surface area contributed by atoms with Gasteiger partial charge < -0.3 is 10.9 Å². The predicted octanol–water partition coefficient (Wildman–Crippen LogP) is -1.20. The minimum Gasteiger partial charge on any atom is -0.409 e. The number of nitrogens with two attached hydrogens (primary N) is 1. The monoisotopic (exact) mass is 245 g/mol. The fourth-order valence-electron chi connectivity index (χ4n) is 1.55. The van der Waals surface area contributed by atoms with E-state index in [1.54, 1.807) is 17.0 Å².